The van der Waals surface area contributed by atoms with E-state index in [-0.39, 0.29) is 0 Å². The van der Waals surface area contributed by atoms with Crippen LogP contribution in [0.2, 0.25) is 0 Å². The largest absolute Gasteiger partial charge is 0.228 e. The van der Waals surface area contributed by atoms with Gasteiger partial charge in [-0.3, -0.25) is 0 Å². The molecule has 0 aromatic heterocycles. The third-order valence-corrected chi connectivity index (χ3v) is 4.85. The Hall–Kier alpha value is -0.250. The summed E-state index contributed by atoms with van der Waals surface area (Å²) in [5.74, 6) is 0. The van der Waals surface area contributed by atoms with Crippen molar-refractivity contribution in [2.75, 3.05) is 6.26 Å². The van der Waals surface area contributed by atoms with Crippen LogP contribution in [-0.2, 0) is 9.84 Å². The van der Waals surface area contributed by atoms with E-state index >= 15 is 0 Å². The summed E-state index contributed by atoms with van der Waals surface area (Å²) in [6.07, 6.45) is 1.07. The van der Waals surface area contributed by atoms with Crippen LogP contribution in [0.15, 0.2) is 30.3 Å². The zero-order valence-electron chi connectivity index (χ0n) is 7.52. The lowest BCUT2D eigenvalue weighted by Gasteiger charge is -2.14. The minimum atomic E-state index is -3.32. The van der Waals surface area contributed by atoms with Crippen molar-refractivity contribution in [1.29, 1.82) is 0 Å². The van der Waals surface area contributed by atoms with Crippen LogP contribution in [0.3, 0.4) is 0 Å². The second-order valence-corrected chi connectivity index (χ2v) is 6.36. The monoisotopic (exact) mass is 252 g/mol. The van der Waals surface area contributed by atoms with Gasteiger partial charge in [-0.05, 0) is 5.56 Å². The second kappa shape index (κ2) is 4.51. The normalized spacial score (nSPS) is 16.2. The van der Waals surface area contributed by atoms with E-state index in [0.717, 1.165) is 6.26 Å². The Morgan fingerprint density at radius 1 is 1.14 bits per heavy atom. The Balaban J connectivity index is 2.92. The number of alkyl halides is 2. The third kappa shape index (κ3) is 2.87. The van der Waals surface area contributed by atoms with E-state index in [1.54, 1.807) is 24.3 Å². The fourth-order valence-corrected chi connectivity index (χ4v) is 2.45. The van der Waals surface area contributed by atoms with Gasteiger partial charge in [-0.2, -0.15) is 0 Å². The zero-order valence-corrected chi connectivity index (χ0v) is 9.85. The van der Waals surface area contributed by atoms with E-state index in [9.17, 15) is 8.42 Å². The molecular formula is C9H10Cl2O2S. The summed E-state index contributed by atoms with van der Waals surface area (Å²) in [5.41, 5.74) is 0.708. The van der Waals surface area contributed by atoms with Crippen LogP contribution in [0, 0.1) is 0 Å². The SMILES string of the molecule is CS(=O)(=O)C(Cl)C(Cl)c1ccccc1. The van der Waals surface area contributed by atoms with E-state index in [1.165, 1.54) is 0 Å². The molecule has 2 atom stereocenters. The average molecular weight is 253 g/mol. The van der Waals surface area contributed by atoms with Crippen molar-refractivity contribution in [2.45, 2.75) is 10.1 Å². The molecule has 0 N–H and O–H groups in total. The van der Waals surface area contributed by atoms with E-state index in [2.05, 4.69) is 0 Å². The van der Waals surface area contributed by atoms with Crippen molar-refractivity contribution >= 4 is 33.0 Å². The summed E-state index contributed by atoms with van der Waals surface area (Å²) in [6, 6.07) is 8.90. The topological polar surface area (TPSA) is 34.1 Å². The Kier molecular flexibility index (Phi) is 3.81. The molecule has 2 nitrogen and oxygen atoms in total. The van der Waals surface area contributed by atoms with Crippen LogP contribution in [0.4, 0.5) is 0 Å². The third-order valence-electron chi connectivity index (χ3n) is 1.76. The van der Waals surface area contributed by atoms with Gasteiger partial charge in [0.05, 0.1) is 5.38 Å². The molecule has 0 aliphatic carbocycles. The zero-order chi connectivity index (χ0) is 10.8. The fraction of sp³-hybridized carbons (Fsp3) is 0.333. The highest BCUT2D eigenvalue weighted by Crippen LogP contribution is 2.30. The van der Waals surface area contributed by atoms with Gasteiger partial charge < -0.3 is 0 Å². The maximum absolute atomic E-state index is 11.1. The van der Waals surface area contributed by atoms with Gasteiger partial charge in [0.2, 0.25) is 0 Å². The number of sulfone groups is 1. The highest BCUT2D eigenvalue weighted by molar-refractivity contribution is 7.92. The van der Waals surface area contributed by atoms with E-state index in [0.29, 0.717) is 5.56 Å². The predicted octanol–water partition coefficient (Wildman–Crippen LogP) is 2.58. The van der Waals surface area contributed by atoms with Gasteiger partial charge in [-0.1, -0.05) is 30.3 Å². The van der Waals surface area contributed by atoms with Crippen molar-refractivity contribution in [3.63, 3.8) is 0 Å². The number of halogens is 2. The molecule has 14 heavy (non-hydrogen) atoms. The Labute approximate surface area is 93.8 Å². The summed E-state index contributed by atoms with van der Waals surface area (Å²) >= 11 is 11.7. The van der Waals surface area contributed by atoms with Crippen LogP contribution in [0.25, 0.3) is 0 Å². The van der Waals surface area contributed by atoms with Gasteiger partial charge in [0.15, 0.2) is 14.5 Å². The lowest BCUT2D eigenvalue weighted by atomic mass is 10.2. The number of hydrogen-bond donors (Lipinski definition) is 0. The second-order valence-electron chi connectivity index (χ2n) is 2.99. The first kappa shape index (κ1) is 11.8. The average Bonchev–Trinajstić information content (AvgIpc) is 2.15. The molecule has 1 rings (SSSR count). The molecule has 1 aromatic rings. The molecule has 0 fully saturated rings. The van der Waals surface area contributed by atoms with Crippen LogP contribution < -0.4 is 0 Å². The van der Waals surface area contributed by atoms with Gasteiger partial charge in [-0.25, -0.2) is 8.42 Å². The van der Waals surface area contributed by atoms with Crippen molar-refractivity contribution in [3.8, 4) is 0 Å². The molecule has 5 heteroatoms. The van der Waals surface area contributed by atoms with Gasteiger partial charge in [0.25, 0.3) is 0 Å². The van der Waals surface area contributed by atoms with Gasteiger partial charge >= 0.3 is 0 Å². The van der Waals surface area contributed by atoms with Gasteiger partial charge in [-0.15, -0.1) is 23.2 Å². The van der Waals surface area contributed by atoms with Crippen molar-refractivity contribution in [2.24, 2.45) is 0 Å². The molecule has 0 radical (unpaired) electrons. The lowest BCUT2D eigenvalue weighted by molar-refractivity contribution is 0.596. The van der Waals surface area contributed by atoms with Crippen molar-refractivity contribution < 1.29 is 8.42 Å². The Morgan fingerprint density at radius 2 is 1.64 bits per heavy atom. The van der Waals surface area contributed by atoms with E-state index < -0.39 is 19.9 Å². The van der Waals surface area contributed by atoms with Crippen LogP contribution in [0.1, 0.15) is 10.9 Å². The highest BCUT2D eigenvalue weighted by Gasteiger charge is 2.27. The number of hydrogen-bond acceptors (Lipinski definition) is 2. The lowest BCUT2D eigenvalue weighted by Crippen LogP contribution is -2.18. The van der Waals surface area contributed by atoms with Crippen molar-refractivity contribution in [3.05, 3.63) is 35.9 Å². The van der Waals surface area contributed by atoms with Crippen LogP contribution in [-0.4, -0.2) is 19.4 Å². The molecule has 0 aliphatic rings. The molecule has 0 bridgehead atoms. The summed E-state index contributed by atoms with van der Waals surface area (Å²) in [7, 11) is -3.32. The molecule has 0 spiro atoms. The molecule has 0 aliphatic heterocycles. The highest BCUT2D eigenvalue weighted by atomic mass is 35.5. The van der Waals surface area contributed by atoms with E-state index in [4.69, 9.17) is 23.2 Å². The Bertz CT molecular complexity index is 389. The molecule has 0 amide bonds. The predicted molar refractivity (Wildman–Crippen MR) is 59.5 cm³/mol. The summed E-state index contributed by atoms with van der Waals surface area (Å²) in [5, 5.41) is -0.715. The summed E-state index contributed by atoms with van der Waals surface area (Å²) in [6.45, 7) is 0. The molecule has 2 unspecified atom stereocenters. The molecular weight excluding hydrogens is 243 g/mol. The standard InChI is InChI=1S/C9H10Cl2O2S/c1-14(12,13)9(11)8(10)7-5-3-2-4-6-7/h2-6,8-9H,1H3. The van der Waals surface area contributed by atoms with Crippen LogP contribution >= 0.6 is 23.2 Å². The summed E-state index contributed by atoms with van der Waals surface area (Å²) in [4.78, 5) is 0. The smallest absolute Gasteiger partial charge is 0.166 e. The number of benzene rings is 1. The molecule has 0 saturated heterocycles. The van der Waals surface area contributed by atoms with E-state index in [1.807, 2.05) is 6.07 Å². The van der Waals surface area contributed by atoms with Crippen LogP contribution in [0.5, 0.6) is 0 Å². The van der Waals surface area contributed by atoms with Crippen molar-refractivity contribution in [1.82, 2.24) is 0 Å². The quantitative estimate of drug-likeness (QED) is 0.776. The van der Waals surface area contributed by atoms with Gasteiger partial charge in [0, 0.05) is 6.26 Å². The van der Waals surface area contributed by atoms with Gasteiger partial charge in [0.1, 0.15) is 0 Å². The Morgan fingerprint density at radius 3 is 2.07 bits per heavy atom. The first-order valence-corrected chi connectivity index (χ1v) is 6.77. The minimum Gasteiger partial charge on any atom is -0.228 e. The maximum atomic E-state index is 11.1. The maximum Gasteiger partial charge on any atom is 0.166 e. The molecule has 0 heterocycles. The first-order chi connectivity index (χ1) is 6.43. The minimum absolute atomic E-state index is 0.708. The number of rotatable bonds is 3. The fourth-order valence-electron chi connectivity index (χ4n) is 1.01. The molecule has 0 saturated carbocycles. The molecule has 78 valence electrons. The first-order valence-electron chi connectivity index (χ1n) is 3.95. The molecule has 1 aromatic carbocycles. The summed E-state index contributed by atoms with van der Waals surface area (Å²) < 4.78 is 21.2.